The van der Waals surface area contributed by atoms with E-state index in [2.05, 4.69) is 5.32 Å². The molecular weight excluding hydrogens is 243 g/mol. The number of alkyl halides is 3. The molecule has 0 bridgehead atoms. The van der Waals surface area contributed by atoms with Crippen molar-refractivity contribution in [1.82, 2.24) is 5.32 Å². The maximum Gasteiger partial charge on any atom is 0.389 e. The van der Waals surface area contributed by atoms with Crippen LogP contribution in [-0.4, -0.2) is 20.3 Å². The number of nitrogens with one attached hydrogen (secondary N) is 1. The molecule has 0 aromatic heterocycles. The predicted molar refractivity (Wildman–Crippen MR) is 64.7 cm³/mol. The van der Waals surface area contributed by atoms with E-state index in [9.17, 15) is 13.2 Å². The summed E-state index contributed by atoms with van der Waals surface area (Å²) in [7, 11) is 3.30. The fourth-order valence-electron chi connectivity index (χ4n) is 1.92. The van der Waals surface area contributed by atoms with Gasteiger partial charge in [0.05, 0.1) is 7.11 Å². The molecule has 1 unspecified atom stereocenters. The van der Waals surface area contributed by atoms with Gasteiger partial charge in [-0.1, -0.05) is 18.2 Å². The Kier molecular flexibility index (Phi) is 5.47. The van der Waals surface area contributed by atoms with E-state index in [-0.39, 0.29) is 12.5 Å². The van der Waals surface area contributed by atoms with Gasteiger partial charge in [-0.25, -0.2) is 0 Å². The number of methoxy groups -OCH3 is 1. The van der Waals surface area contributed by atoms with Crippen LogP contribution >= 0.6 is 0 Å². The van der Waals surface area contributed by atoms with Crippen molar-refractivity contribution in [3.8, 4) is 5.75 Å². The monoisotopic (exact) mass is 261 g/mol. The van der Waals surface area contributed by atoms with E-state index < -0.39 is 12.6 Å². The molecule has 1 atom stereocenters. The molecule has 0 fully saturated rings. The minimum Gasteiger partial charge on any atom is -0.496 e. The van der Waals surface area contributed by atoms with E-state index >= 15 is 0 Å². The first-order chi connectivity index (χ1) is 8.48. The second-order valence-electron chi connectivity index (χ2n) is 4.09. The Labute approximate surface area is 105 Å². The molecule has 0 saturated heterocycles. The van der Waals surface area contributed by atoms with Crippen molar-refractivity contribution >= 4 is 0 Å². The van der Waals surface area contributed by atoms with Crippen molar-refractivity contribution in [2.45, 2.75) is 31.5 Å². The Balaban J connectivity index is 2.65. The van der Waals surface area contributed by atoms with Gasteiger partial charge in [0.1, 0.15) is 5.75 Å². The zero-order chi connectivity index (χ0) is 13.6. The summed E-state index contributed by atoms with van der Waals surface area (Å²) in [4.78, 5) is 0. The average Bonchev–Trinajstić information content (AvgIpc) is 2.33. The molecule has 0 radical (unpaired) electrons. The molecule has 0 aliphatic carbocycles. The number of ether oxygens (including phenoxy) is 1. The molecule has 1 aromatic carbocycles. The average molecular weight is 261 g/mol. The largest absolute Gasteiger partial charge is 0.496 e. The molecule has 5 heteroatoms. The molecular formula is C13H18F3NO. The number of halogens is 3. The molecule has 0 amide bonds. The van der Waals surface area contributed by atoms with Gasteiger partial charge in [-0.05, 0) is 26.0 Å². The molecule has 102 valence electrons. The maximum atomic E-state index is 12.1. The Morgan fingerprint density at radius 1 is 1.28 bits per heavy atom. The van der Waals surface area contributed by atoms with E-state index in [0.29, 0.717) is 12.2 Å². The minimum atomic E-state index is -4.08. The molecule has 18 heavy (non-hydrogen) atoms. The lowest BCUT2D eigenvalue weighted by Gasteiger charge is -2.19. The molecule has 2 nitrogen and oxygen atoms in total. The first kappa shape index (κ1) is 14.8. The quantitative estimate of drug-likeness (QED) is 0.843. The maximum absolute atomic E-state index is 12.1. The van der Waals surface area contributed by atoms with Crippen LogP contribution in [0.5, 0.6) is 5.75 Å². The molecule has 1 rings (SSSR count). The number of para-hydroxylation sites is 1. The Morgan fingerprint density at radius 3 is 2.50 bits per heavy atom. The van der Waals surface area contributed by atoms with Crippen LogP contribution in [0, 0.1) is 0 Å². The third-order valence-electron chi connectivity index (χ3n) is 2.82. The van der Waals surface area contributed by atoms with Gasteiger partial charge in [-0.2, -0.15) is 13.2 Å². The van der Waals surface area contributed by atoms with Gasteiger partial charge in [-0.3, -0.25) is 0 Å². The summed E-state index contributed by atoms with van der Waals surface area (Å²) in [6.45, 7) is 0. The molecule has 0 aliphatic rings. The van der Waals surface area contributed by atoms with Crippen LogP contribution in [0.3, 0.4) is 0 Å². The van der Waals surface area contributed by atoms with Crippen LogP contribution < -0.4 is 10.1 Å². The number of hydrogen-bond donors (Lipinski definition) is 1. The van der Waals surface area contributed by atoms with E-state index in [1.807, 2.05) is 24.3 Å². The highest BCUT2D eigenvalue weighted by atomic mass is 19.4. The summed E-state index contributed by atoms with van der Waals surface area (Å²) in [5.41, 5.74) is 0.893. The van der Waals surface area contributed by atoms with Gasteiger partial charge < -0.3 is 10.1 Å². The summed E-state index contributed by atoms with van der Waals surface area (Å²) in [5, 5.41) is 3.03. The summed E-state index contributed by atoms with van der Waals surface area (Å²) in [5.74, 6) is 0.698. The van der Waals surface area contributed by atoms with Crippen molar-refractivity contribution in [3.63, 3.8) is 0 Å². The molecule has 0 spiro atoms. The van der Waals surface area contributed by atoms with E-state index in [0.717, 1.165) is 5.56 Å². The first-order valence-corrected chi connectivity index (χ1v) is 5.85. The molecule has 1 aromatic rings. The van der Waals surface area contributed by atoms with E-state index in [1.54, 1.807) is 14.2 Å². The Hall–Kier alpha value is -1.23. The second kappa shape index (κ2) is 6.64. The van der Waals surface area contributed by atoms with Gasteiger partial charge in [0.15, 0.2) is 0 Å². The number of benzene rings is 1. The summed E-state index contributed by atoms with van der Waals surface area (Å²) in [6, 6.07) is 7.25. The minimum absolute atomic E-state index is 0.104. The fourth-order valence-corrected chi connectivity index (χ4v) is 1.92. The third kappa shape index (κ3) is 4.56. The zero-order valence-electron chi connectivity index (χ0n) is 10.6. The van der Waals surface area contributed by atoms with Crippen molar-refractivity contribution in [1.29, 1.82) is 0 Å². The van der Waals surface area contributed by atoms with E-state index in [1.165, 1.54) is 0 Å². The second-order valence-corrected chi connectivity index (χ2v) is 4.09. The zero-order valence-corrected chi connectivity index (χ0v) is 10.6. The van der Waals surface area contributed by atoms with E-state index in [4.69, 9.17) is 4.74 Å². The van der Waals surface area contributed by atoms with Gasteiger partial charge >= 0.3 is 6.18 Å². The van der Waals surface area contributed by atoms with Gasteiger partial charge in [0.2, 0.25) is 0 Å². The Bertz CT molecular complexity index is 365. The Morgan fingerprint density at radius 2 is 1.94 bits per heavy atom. The molecule has 1 N–H and O–H groups in total. The first-order valence-electron chi connectivity index (χ1n) is 5.85. The van der Waals surface area contributed by atoms with Crippen molar-refractivity contribution in [2.75, 3.05) is 14.2 Å². The fraction of sp³-hybridized carbons (Fsp3) is 0.538. The highest BCUT2D eigenvalue weighted by Crippen LogP contribution is 2.30. The summed E-state index contributed by atoms with van der Waals surface area (Å²) < 4.78 is 41.6. The predicted octanol–water partition coefficient (Wildman–Crippen LogP) is 3.69. The highest BCUT2D eigenvalue weighted by molar-refractivity contribution is 5.35. The topological polar surface area (TPSA) is 21.3 Å². The molecule has 0 aliphatic heterocycles. The number of rotatable bonds is 6. The molecule has 0 saturated carbocycles. The van der Waals surface area contributed by atoms with Crippen LogP contribution in [-0.2, 0) is 0 Å². The van der Waals surface area contributed by atoms with Crippen LogP contribution in [0.15, 0.2) is 24.3 Å². The summed E-state index contributed by atoms with van der Waals surface area (Å²) in [6.07, 6.45) is -4.30. The highest BCUT2D eigenvalue weighted by Gasteiger charge is 2.27. The number of hydrogen-bond acceptors (Lipinski definition) is 2. The van der Waals surface area contributed by atoms with Crippen molar-refractivity contribution < 1.29 is 17.9 Å². The van der Waals surface area contributed by atoms with Gasteiger partial charge in [0.25, 0.3) is 0 Å². The van der Waals surface area contributed by atoms with Crippen LogP contribution in [0.2, 0.25) is 0 Å². The van der Waals surface area contributed by atoms with Crippen LogP contribution in [0.25, 0.3) is 0 Å². The lowest BCUT2D eigenvalue weighted by molar-refractivity contribution is -0.135. The SMILES string of the molecule is CNC(CCCC(F)(F)F)c1ccccc1OC. The lowest BCUT2D eigenvalue weighted by atomic mass is 10.00. The van der Waals surface area contributed by atoms with Crippen molar-refractivity contribution in [2.24, 2.45) is 0 Å². The third-order valence-corrected chi connectivity index (χ3v) is 2.82. The van der Waals surface area contributed by atoms with Crippen LogP contribution in [0.4, 0.5) is 13.2 Å². The smallest absolute Gasteiger partial charge is 0.389 e. The van der Waals surface area contributed by atoms with Gasteiger partial charge in [-0.15, -0.1) is 0 Å². The standard InChI is InChI=1S/C13H18F3NO/c1-17-11(7-5-9-13(14,15)16)10-6-3-4-8-12(10)18-2/h3-4,6,8,11,17H,5,7,9H2,1-2H3. The summed E-state index contributed by atoms with van der Waals surface area (Å²) >= 11 is 0. The van der Waals surface area contributed by atoms with Crippen molar-refractivity contribution in [3.05, 3.63) is 29.8 Å². The van der Waals surface area contributed by atoms with Crippen LogP contribution in [0.1, 0.15) is 30.9 Å². The van der Waals surface area contributed by atoms with Gasteiger partial charge in [0, 0.05) is 18.0 Å². The lowest BCUT2D eigenvalue weighted by Crippen LogP contribution is -2.18. The molecule has 0 heterocycles. The normalized spacial score (nSPS) is 13.4.